The minimum absolute atomic E-state index is 0.171. The van der Waals surface area contributed by atoms with Gasteiger partial charge in [0.2, 0.25) is 0 Å². The third kappa shape index (κ3) is 16.2. The number of likely N-dealkylation sites (tertiary alicyclic amines) is 2. The number of aliphatic imine (C=N–C) groups is 1. The first-order chi connectivity index (χ1) is 34.8. The molecule has 5 fully saturated rings. The molecule has 4 aliphatic heterocycles. The van der Waals surface area contributed by atoms with Gasteiger partial charge in [0, 0.05) is 55.3 Å². The third-order valence-electron chi connectivity index (χ3n) is 16.4. The summed E-state index contributed by atoms with van der Waals surface area (Å²) in [5.74, 6) is 2.93. The second-order valence-electron chi connectivity index (χ2n) is 22.0. The van der Waals surface area contributed by atoms with Gasteiger partial charge in [-0.15, -0.1) is 0 Å². The number of β-amino-alcohol motifs (C(OH)–C–C–N with tert-alkyl or cyclic N) is 1. The molecule has 9 nitrogen and oxygen atoms in total. The molecular weight excluding hydrogens is 898 g/mol. The van der Waals surface area contributed by atoms with E-state index in [1.54, 1.807) is 6.07 Å². The fourth-order valence-corrected chi connectivity index (χ4v) is 12.3. The number of aliphatic hydroxyl groups is 2. The SMILES string of the molecule is C=N/C(=c1/cnc(-c2cc(C3CCC3)cc3ccc(F)c(CC)c23)c(C)c1=C)N1CCC[C@@](C)(O)C1.CC.CCCC(CCC(C)C)CN1CCCCC1.CCCC[C@@]12CCCN1C(COC=O)CC2.CO. The smallest absolute Gasteiger partial charge is 0.293 e. The average Bonchev–Trinajstić information content (AvgIpc) is 3.94. The van der Waals surface area contributed by atoms with Crippen LogP contribution in [0.1, 0.15) is 200 Å². The zero-order chi connectivity index (χ0) is 52.8. The maximum atomic E-state index is 14.9. The second-order valence-corrected chi connectivity index (χ2v) is 22.0. The Morgan fingerprint density at radius 2 is 1.67 bits per heavy atom. The van der Waals surface area contributed by atoms with E-state index < -0.39 is 5.60 Å². The number of rotatable bonds is 18. The number of pyridine rings is 1. The number of ether oxygens (including phenoxy) is 1. The molecule has 0 bridgehead atoms. The number of halogens is 1. The van der Waals surface area contributed by atoms with Gasteiger partial charge in [-0.25, -0.2) is 9.38 Å². The zero-order valence-electron chi connectivity index (χ0n) is 47.1. The molecule has 0 radical (unpaired) electrons. The summed E-state index contributed by atoms with van der Waals surface area (Å²) in [6.45, 7) is 35.2. The van der Waals surface area contributed by atoms with Gasteiger partial charge in [0.25, 0.3) is 6.47 Å². The van der Waals surface area contributed by atoms with E-state index in [-0.39, 0.29) is 5.82 Å². The molecule has 2 aromatic carbocycles. The molecule has 3 aromatic rings. The van der Waals surface area contributed by atoms with Crippen LogP contribution in [0.5, 0.6) is 0 Å². The molecule has 72 heavy (non-hydrogen) atoms. The normalized spacial score (nSPS) is 22.9. The Kier molecular flexibility index (Phi) is 25.9. The molecule has 1 saturated carbocycles. The highest BCUT2D eigenvalue weighted by molar-refractivity contribution is 5.99. The van der Waals surface area contributed by atoms with Crippen LogP contribution in [0.2, 0.25) is 0 Å². The lowest BCUT2D eigenvalue weighted by atomic mass is 9.78. The molecule has 1 aliphatic carbocycles. The van der Waals surface area contributed by atoms with E-state index in [9.17, 15) is 14.3 Å². The molecule has 5 heterocycles. The number of unbranched alkanes of at least 4 members (excludes halogenated alkanes) is 1. The number of piperidine rings is 2. The monoisotopic (exact) mass is 998 g/mol. The van der Waals surface area contributed by atoms with Gasteiger partial charge in [-0.05, 0) is 193 Å². The number of hydrogen-bond acceptors (Lipinski definition) is 9. The molecule has 4 saturated heterocycles. The Balaban J connectivity index is 0.000000259. The summed E-state index contributed by atoms with van der Waals surface area (Å²) in [6, 6.07) is 8.46. The Hall–Kier alpha value is -3.70. The summed E-state index contributed by atoms with van der Waals surface area (Å²) < 4.78 is 19.9. The number of nitrogens with zero attached hydrogens (tertiary/aromatic N) is 5. The fraction of sp³-hybridized carbons (Fsp3) is 0.694. The van der Waals surface area contributed by atoms with Crippen molar-refractivity contribution in [3.8, 4) is 11.3 Å². The van der Waals surface area contributed by atoms with Crippen molar-refractivity contribution in [2.45, 2.75) is 214 Å². The van der Waals surface area contributed by atoms with Crippen molar-refractivity contribution in [3.63, 3.8) is 0 Å². The van der Waals surface area contributed by atoms with Crippen molar-refractivity contribution >= 4 is 36.4 Å². The van der Waals surface area contributed by atoms with E-state index in [2.05, 4.69) is 72.8 Å². The molecule has 8 rings (SSSR count). The van der Waals surface area contributed by atoms with Gasteiger partial charge in [-0.1, -0.05) is 106 Å². The van der Waals surface area contributed by atoms with Gasteiger partial charge in [-0.2, -0.15) is 0 Å². The summed E-state index contributed by atoms with van der Waals surface area (Å²) >= 11 is 0. The van der Waals surface area contributed by atoms with Crippen molar-refractivity contribution in [1.82, 2.24) is 19.7 Å². The minimum atomic E-state index is -0.764. The van der Waals surface area contributed by atoms with Crippen LogP contribution in [-0.2, 0) is 16.0 Å². The van der Waals surface area contributed by atoms with Gasteiger partial charge < -0.3 is 24.7 Å². The van der Waals surface area contributed by atoms with Crippen molar-refractivity contribution in [2.75, 3.05) is 53.0 Å². The molecule has 0 amide bonds. The number of aryl methyl sites for hydroxylation is 1. The lowest BCUT2D eigenvalue weighted by Crippen LogP contribution is -2.47. The molecule has 1 aromatic heterocycles. The number of hydrogen-bond donors (Lipinski definition) is 2. The Labute approximate surface area is 436 Å². The molecule has 2 N–H and O–H groups in total. The van der Waals surface area contributed by atoms with E-state index in [1.807, 2.05) is 46.9 Å². The van der Waals surface area contributed by atoms with E-state index in [0.29, 0.717) is 49.4 Å². The highest BCUT2D eigenvalue weighted by atomic mass is 19.1. The molecule has 2 unspecified atom stereocenters. The number of benzene rings is 2. The van der Waals surface area contributed by atoms with E-state index in [4.69, 9.17) is 14.8 Å². The maximum absolute atomic E-state index is 14.9. The van der Waals surface area contributed by atoms with Crippen molar-refractivity contribution in [3.05, 3.63) is 63.4 Å². The summed E-state index contributed by atoms with van der Waals surface area (Å²) in [4.78, 5) is 27.0. The Morgan fingerprint density at radius 3 is 2.28 bits per heavy atom. The van der Waals surface area contributed by atoms with Gasteiger partial charge in [0.05, 0.1) is 11.3 Å². The van der Waals surface area contributed by atoms with Gasteiger partial charge in [0.1, 0.15) is 18.2 Å². The summed E-state index contributed by atoms with van der Waals surface area (Å²) in [5.41, 5.74) is 4.51. The summed E-state index contributed by atoms with van der Waals surface area (Å²) in [5, 5.41) is 21.3. The van der Waals surface area contributed by atoms with Crippen LogP contribution < -0.4 is 10.4 Å². The zero-order valence-corrected chi connectivity index (χ0v) is 47.1. The van der Waals surface area contributed by atoms with Crippen molar-refractivity contribution in [1.29, 1.82) is 0 Å². The number of fused-ring (bicyclic) bond motifs is 2. The van der Waals surface area contributed by atoms with E-state index in [1.165, 1.54) is 141 Å². The molecular formula is C62H100FN5O4. The van der Waals surface area contributed by atoms with Crippen LogP contribution >= 0.6 is 0 Å². The van der Waals surface area contributed by atoms with Crippen LogP contribution in [0, 0.1) is 24.6 Å². The first-order valence-electron chi connectivity index (χ1n) is 28.7. The van der Waals surface area contributed by atoms with Gasteiger partial charge in [-0.3, -0.25) is 14.7 Å². The summed E-state index contributed by atoms with van der Waals surface area (Å²) in [6.07, 6.45) is 26.8. The largest absolute Gasteiger partial charge is 0.466 e. The topological polar surface area (TPSA) is 102 Å². The van der Waals surface area contributed by atoms with Crippen molar-refractivity contribution in [2.24, 2.45) is 16.8 Å². The summed E-state index contributed by atoms with van der Waals surface area (Å²) in [7, 11) is 1.00. The fourth-order valence-electron chi connectivity index (χ4n) is 12.3. The molecule has 4 atom stereocenters. The highest BCUT2D eigenvalue weighted by Crippen LogP contribution is 2.46. The van der Waals surface area contributed by atoms with E-state index in [0.717, 1.165) is 81.9 Å². The van der Waals surface area contributed by atoms with Crippen molar-refractivity contribution < 1.29 is 24.1 Å². The predicted molar refractivity (Wildman–Crippen MR) is 302 cm³/mol. The number of carbonyl (C=O) groups is 1. The van der Waals surface area contributed by atoms with Crippen LogP contribution in [0.15, 0.2) is 35.5 Å². The number of carbonyl (C=O) groups excluding carboxylic acids is 1. The standard InChI is InChI=1S/C31H36FN3O.C15H31N.C13H23NO2.C2H6.CH4O/c1-6-24-27(32)12-11-22-15-23(21-9-7-10-21)16-25(28(22)24)29-20(3)19(2)26(17-34-29)30(33-5)35-14-8-13-31(4,36)18-35;1-4-8-15(10-9-14(2)3)13-16-11-6-5-7-12-16;1-2-3-6-13-7-4-9-14(13)12(5-8-13)10-16-11-15;2*1-2/h11-12,15-17,21,36H,2,5-10,13-14,18H2,1,3-4H3;14-15H,4-13H2,1-3H3;11-12H,2-10H2,1H3;1-2H3;2H,1H3/b30-26+;;;;/t31-;;12?,13-;;/m1.0../s1. The Morgan fingerprint density at radius 1 is 0.944 bits per heavy atom. The molecule has 0 spiro atoms. The third-order valence-corrected chi connectivity index (χ3v) is 16.4. The van der Waals surface area contributed by atoms with Gasteiger partial charge in [0.15, 0.2) is 0 Å². The van der Waals surface area contributed by atoms with Crippen LogP contribution in [0.25, 0.3) is 34.4 Å². The van der Waals surface area contributed by atoms with Crippen LogP contribution in [-0.4, -0.2) is 113 Å². The number of aromatic nitrogens is 1. The average molecular weight is 999 g/mol. The first kappa shape index (κ1) is 60.9. The molecule has 10 heteroatoms. The van der Waals surface area contributed by atoms with E-state index >= 15 is 0 Å². The minimum Gasteiger partial charge on any atom is -0.466 e. The molecule has 404 valence electrons. The molecule has 5 aliphatic rings. The lowest BCUT2D eigenvalue weighted by molar-refractivity contribution is -0.130. The van der Waals surface area contributed by atoms with Crippen LogP contribution in [0.4, 0.5) is 4.39 Å². The van der Waals surface area contributed by atoms with Crippen LogP contribution in [0.3, 0.4) is 0 Å². The Bertz CT molecular complexity index is 2220. The first-order valence-corrected chi connectivity index (χ1v) is 28.7. The second kappa shape index (κ2) is 30.6. The quantitative estimate of drug-likeness (QED) is 0.0960. The highest BCUT2D eigenvalue weighted by Gasteiger charge is 2.48. The van der Waals surface area contributed by atoms with Gasteiger partial charge >= 0.3 is 0 Å². The number of aliphatic hydroxyl groups excluding tert-OH is 1. The maximum Gasteiger partial charge on any atom is 0.293 e. The predicted octanol–water partition coefficient (Wildman–Crippen LogP) is 12.5. The lowest BCUT2D eigenvalue weighted by Gasteiger charge is -2.38.